The lowest BCUT2D eigenvalue weighted by molar-refractivity contribution is -0.139. The molecule has 1 N–H and O–H groups in total. The van der Waals surface area contributed by atoms with Crippen molar-refractivity contribution in [2.75, 3.05) is 19.8 Å². The predicted molar refractivity (Wildman–Crippen MR) is 76.6 cm³/mol. The Balaban J connectivity index is 1.78. The monoisotopic (exact) mass is 291 g/mol. The average molecular weight is 291 g/mol. The van der Waals surface area contributed by atoms with E-state index in [0.29, 0.717) is 26.2 Å². The highest BCUT2D eigenvalue weighted by atomic mass is 32.1. The number of morpholine rings is 1. The molecule has 2 aromatic rings. The molecule has 1 saturated heterocycles. The predicted octanol–water partition coefficient (Wildman–Crippen LogP) is 1.92. The van der Waals surface area contributed by atoms with Crippen LogP contribution in [0.5, 0.6) is 0 Å². The molecular weight excluding hydrogens is 274 g/mol. The van der Waals surface area contributed by atoms with Gasteiger partial charge in [-0.1, -0.05) is 0 Å². The Hall–Kier alpha value is -1.66. The SMILES string of the molecule is Cc1cn[nH]c1[C@H]1COCCN1C(=O)Cc1ccsc1. The number of H-pyrrole nitrogens is 1. The Morgan fingerprint density at radius 1 is 1.65 bits per heavy atom. The van der Waals surface area contributed by atoms with Gasteiger partial charge in [0, 0.05) is 6.54 Å². The molecule has 5 nitrogen and oxygen atoms in total. The second kappa shape index (κ2) is 5.76. The zero-order chi connectivity index (χ0) is 13.9. The quantitative estimate of drug-likeness (QED) is 0.940. The average Bonchev–Trinajstić information content (AvgIpc) is 3.10. The van der Waals surface area contributed by atoms with Crippen LogP contribution in [0.1, 0.15) is 22.9 Å². The normalized spacial score (nSPS) is 19.2. The van der Waals surface area contributed by atoms with Gasteiger partial charge in [0.15, 0.2) is 0 Å². The second-order valence-corrected chi connectivity index (χ2v) is 5.73. The number of aromatic amines is 1. The number of thiophene rings is 1. The van der Waals surface area contributed by atoms with Gasteiger partial charge in [-0.25, -0.2) is 0 Å². The number of hydrogen-bond acceptors (Lipinski definition) is 4. The zero-order valence-corrected chi connectivity index (χ0v) is 12.2. The Morgan fingerprint density at radius 2 is 2.55 bits per heavy atom. The first-order valence-electron chi connectivity index (χ1n) is 6.64. The van der Waals surface area contributed by atoms with Crippen molar-refractivity contribution in [3.05, 3.63) is 39.8 Å². The van der Waals surface area contributed by atoms with E-state index in [4.69, 9.17) is 4.74 Å². The molecule has 0 spiro atoms. The van der Waals surface area contributed by atoms with Crippen LogP contribution >= 0.6 is 11.3 Å². The summed E-state index contributed by atoms with van der Waals surface area (Å²) < 4.78 is 5.54. The van der Waals surface area contributed by atoms with E-state index < -0.39 is 0 Å². The van der Waals surface area contributed by atoms with E-state index in [1.54, 1.807) is 17.5 Å². The van der Waals surface area contributed by atoms with Gasteiger partial charge >= 0.3 is 0 Å². The number of carbonyl (C=O) groups excluding carboxylic acids is 1. The topological polar surface area (TPSA) is 58.2 Å². The fourth-order valence-corrected chi connectivity index (χ4v) is 3.17. The highest BCUT2D eigenvalue weighted by molar-refractivity contribution is 7.07. The van der Waals surface area contributed by atoms with E-state index in [2.05, 4.69) is 10.2 Å². The standard InChI is InChI=1S/C14H17N3O2S/c1-10-7-15-16-14(10)12-8-19-4-3-17(12)13(18)6-11-2-5-20-9-11/h2,5,7,9,12H,3-4,6,8H2,1H3,(H,15,16)/t12-/m1/s1. The van der Waals surface area contributed by atoms with Crippen LogP contribution in [0.15, 0.2) is 23.0 Å². The molecule has 1 aliphatic heterocycles. The number of carbonyl (C=O) groups is 1. The molecule has 0 aromatic carbocycles. The third-order valence-electron chi connectivity index (χ3n) is 3.59. The van der Waals surface area contributed by atoms with Crippen molar-refractivity contribution in [1.29, 1.82) is 0 Å². The van der Waals surface area contributed by atoms with Crippen LogP contribution in [0.25, 0.3) is 0 Å². The van der Waals surface area contributed by atoms with Crippen molar-refractivity contribution in [3.63, 3.8) is 0 Å². The molecular formula is C14H17N3O2S. The Labute approximate surface area is 121 Å². The summed E-state index contributed by atoms with van der Waals surface area (Å²) in [5.41, 5.74) is 3.11. The minimum absolute atomic E-state index is 0.0580. The third kappa shape index (κ3) is 2.62. The molecule has 20 heavy (non-hydrogen) atoms. The fourth-order valence-electron chi connectivity index (χ4n) is 2.50. The van der Waals surface area contributed by atoms with E-state index in [-0.39, 0.29) is 11.9 Å². The summed E-state index contributed by atoms with van der Waals surface area (Å²) in [7, 11) is 0. The smallest absolute Gasteiger partial charge is 0.227 e. The summed E-state index contributed by atoms with van der Waals surface area (Å²) >= 11 is 1.62. The summed E-state index contributed by atoms with van der Waals surface area (Å²) in [6.07, 6.45) is 2.23. The number of rotatable bonds is 3. The van der Waals surface area contributed by atoms with Gasteiger partial charge in [0.25, 0.3) is 0 Å². The Bertz CT molecular complexity index is 579. The fraction of sp³-hybridized carbons (Fsp3) is 0.429. The molecule has 0 saturated carbocycles. The van der Waals surface area contributed by atoms with E-state index in [1.165, 1.54) is 0 Å². The highest BCUT2D eigenvalue weighted by Crippen LogP contribution is 2.25. The Kier molecular flexibility index (Phi) is 3.84. The van der Waals surface area contributed by atoms with Crippen molar-refractivity contribution in [2.45, 2.75) is 19.4 Å². The van der Waals surface area contributed by atoms with Crippen molar-refractivity contribution in [3.8, 4) is 0 Å². The van der Waals surface area contributed by atoms with Gasteiger partial charge in [0.1, 0.15) is 0 Å². The van der Waals surface area contributed by atoms with Gasteiger partial charge in [0.05, 0.1) is 37.6 Å². The zero-order valence-electron chi connectivity index (χ0n) is 11.3. The molecule has 0 aliphatic carbocycles. The number of nitrogens with one attached hydrogen (secondary N) is 1. The lowest BCUT2D eigenvalue weighted by Crippen LogP contribution is -2.44. The van der Waals surface area contributed by atoms with Crippen molar-refractivity contribution >= 4 is 17.2 Å². The maximum Gasteiger partial charge on any atom is 0.227 e. The molecule has 3 heterocycles. The molecule has 1 fully saturated rings. The van der Waals surface area contributed by atoms with Crippen molar-refractivity contribution < 1.29 is 9.53 Å². The van der Waals surface area contributed by atoms with Crippen LogP contribution in [0.2, 0.25) is 0 Å². The summed E-state index contributed by atoms with van der Waals surface area (Å²) in [4.78, 5) is 14.4. The molecule has 2 aromatic heterocycles. The molecule has 3 rings (SSSR count). The van der Waals surface area contributed by atoms with E-state index >= 15 is 0 Å². The van der Waals surface area contributed by atoms with Gasteiger partial charge in [-0.2, -0.15) is 16.4 Å². The van der Waals surface area contributed by atoms with Gasteiger partial charge in [-0.3, -0.25) is 9.89 Å². The molecule has 6 heteroatoms. The number of hydrogen-bond donors (Lipinski definition) is 1. The van der Waals surface area contributed by atoms with E-state index in [1.807, 2.05) is 28.7 Å². The number of ether oxygens (including phenoxy) is 1. The largest absolute Gasteiger partial charge is 0.377 e. The van der Waals surface area contributed by atoms with Crippen LogP contribution in [-0.4, -0.2) is 40.8 Å². The van der Waals surface area contributed by atoms with Crippen molar-refractivity contribution in [1.82, 2.24) is 15.1 Å². The molecule has 1 amide bonds. The number of aryl methyl sites for hydroxylation is 1. The maximum absolute atomic E-state index is 12.5. The van der Waals surface area contributed by atoms with Crippen LogP contribution in [0, 0.1) is 6.92 Å². The van der Waals surface area contributed by atoms with E-state index in [0.717, 1.165) is 16.8 Å². The first-order chi connectivity index (χ1) is 9.75. The summed E-state index contributed by atoms with van der Waals surface area (Å²) in [5, 5.41) is 11.1. The molecule has 0 unspecified atom stereocenters. The van der Waals surface area contributed by atoms with Gasteiger partial charge in [-0.05, 0) is 34.9 Å². The summed E-state index contributed by atoms with van der Waals surface area (Å²) in [5.74, 6) is 0.144. The molecule has 106 valence electrons. The van der Waals surface area contributed by atoms with Crippen molar-refractivity contribution in [2.24, 2.45) is 0 Å². The second-order valence-electron chi connectivity index (χ2n) is 4.95. The highest BCUT2D eigenvalue weighted by Gasteiger charge is 2.30. The first-order valence-corrected chi connectivity index (χ1v) is 7.58. The molecule has 0 radical (unpaired) electrons. The molecule has 0 bridgehead atoms. The minimum atomic E-state index is -0.0580. The molecule has 1 aliphatic rings. The van der Waals surface area contributed by atoms with Crippen LogP contribution in [0.3, 0.4) is 0 Å². The lowest BCUT2D eigenvalue weighted by atomic mass is 10.1. The van der Waals surface area contributed by atoms with Gasteiger partial charge in [0.2, 0.25) is 5.91 Å². The number of nitrogens with zero attached hydrogens (tertiary/aromatic N) is 2. The minimum Gasteiger partial charge on any atom is -0.377 e. The van der Waals surface area contributed by atoms with Gasteiger partial charge in [-0.15, -0.1) is 0 Å². The first kappa shape index (κ1) is 13.3. The molecule has 1 atom stereocenters. The Morgan fingerprint density at radius 3 is 3.25 bits per heavy atom. The third-order valence-corrected chi connectivity index (χ3v) is 4.32. The summed E-state index contributed by atoms with van der Waals surface area (Å²) in [6, 6.07) is 1.94. The van der Waals surface area contributed by atoms with Crippen LogP contribution < -0.4 is 0 Å². The van der Waals surface area contributed by atoms with Crippen LogP contribution in [0.4, 0.5) is 0 Å². The van der Waals surface area contributed by atoms with E-state index in [9.17, 15) is 4.79 Å². The maximum atomic E-state index is 12.5. The lowest BCUT2D eigenvalue weighted by Gasteiger charge is -2.35. The van der Waals surface area contributed by atoms with Crippen LogP contribution in [-0.2, 0) is 16.0 Å². The summed E-state index contributed by atoms with van der Waals surface area (Å²) in [6.45, 7) is 3.75. The number of aromatic nitrogens is 2. The number of amides is 1. The van der Waals surface area contributed by atoms with Gasteiger partial charge < -0.3 is 9.64 Å².